The van der Waals surface area contributed by atoms with Crippen molar-refractivity contribution in [1.29, 1.82) is 0 Å². The van der Waals surface area contributed by atoms with Gasteiger partial charge in [-0.15, -0.1) is 11.3 Å². The first-order chi connectivity index (χ1) is 14.1. The Morgan fingerprint density at radius 3 is 2.83 bits per heavy atom. The highest BCUT2D eigenvalue weighted by molar-refractivity contribution is 7.12. The summed E-state index contributed by atoms with van der Waals surface area (Å²) in [7, 11) is 0. The van der Waals surface area contributed by atoms with Gasteiger partial charge < -0.3 is 5.32 Å². The van der Waals surface area contributed by atoms with Gasteiger partial charge in [0.05, 0.1) is 22.3 Å². The molecule has 0 aliphatic rings. The smallest absolute Gasteiger partial charge is 0.227 e. The van der Waals surface area contributed by atoms with E-state index in [2.05, 4.69) is 15.4 Å². The summed E-state index contributed by atoms with van der Waals surface area (Å²) in [5, 5.41) is 9.24. The Hall–Kier alpha value is -3.32. The molecule has 0 saturated heterocycles. The zero-order chi connectivity index (χ0) is 20.4. The van der Waals surface area contributed by atoms with Crippen LogP contribution in [-0.2, 0) is 4.79 Å². The zero-order valence-corrected chi connectivity index (χ0v) is 16.9. The summed E-state index contributed by atoms with van der Waals surface area (Å²) in [4.78, 5) is 30.0. The Labute approximate surface area is 172 Å². The van der Waals surface area contributed by atoms with E-state index in [1.807, 2.05) is 55.6 Å². The van der Waals surface area contributed by atoms with E-state index >= 15 is 0 Å². The zero-order valence-electron chi connectivity index (χ0n) is 16.1. The first-order valence-corrected chi connectivity index (χ1v) is 10.3. The molecule has 29 heavy (non-hydrogen) atoms. The molecule has 0 radical (unpaired) electrons. The highest BCUT2D eigenvalue weighted by atomic mass is 32.1. The first-order valence-electron chi connectivity index (χ1n) is 9.40. The Morgan fingerprint density at radius 2 is 2.07 bits per heavy atom. The molecule has 1 N–H and O–H groups in total. The van der Waals surface area contributed by atoms with E-state index in [1.165, 1.54) is 11.3 Å². The van der Waals surface area contributed by atoms with Crippen LogP contribution in [0.2, 0.25) is 0 Å². The molecule has 3 aromatic heterocycles. The second-order valence-electron chi connectivity index (χ2n) is 6.81. The number of anilines is 1. The van der Waals surface area contributed by atoms with Gasteiger partial charge in [0.2, 0.25) is 11.7 Å². The first kappa shape index (κ1) is 19.0. The SMILES string of the molecule is CCC(C)C(=O)Nc1cccc(-c2ccnc3c(C(=O)c4cccs4)cnn23)c1. The highest BCUT2D eigenvalue weighted by Gasteiger charge is 2.18. The number of rotatable bonds is 6. The van der Waals surface area contributed by atoms with Gasteiger partial charge in [-0.3, -0.25) is 9.59 Å². The number of nitrogens with one attached hydrogen (secondary N) is 1. The van der Waals surface area contributed by atoms with Gasteiger partial charge in [0.15, 0.2) is 5.65 Å². The lowest BCUT2D eigenvalue weighted by atomic mass is 10.1. The standard InChI is InChI=1S/C22H20N4O2S/c1-3-14(2)22(28)25-16-7-4-6-15(12-16)18-9-10-23-21-17(13-24-26(18)21)20(27)19-8-5-11-29-19/h4-14H,3H2,1-2H3,(H,25,28). The van der Waals surface area contributed by atoms with E-state index in [0.29, 0.717) is 16.1 Å². The average Bonchev–Trinajstić information content (AvgIpc) is 3.42. The molecule has 0 saturated carbocycles. The summed E-state index contributed by atoms with van der Waals surface area (Å²) in [5.41, 5.74) is 3.36. The molecule has 1 atom stereocenters. The maximum atomic E-state index is 12.8. The summed E-state index contributed by atoms with van der Waals surface area (Å²) in [6, 6.07) is 13.1. The number of benzene rings is 1. The third kappa shape index (κ3) is 3.69. The molecule has 146 valence electrons. The number of carbonyl (C=O) groups is 2. The number of hydrogen-bond acceptors (Lipinski definition) is 5. The molecule has 1 unspecified atom stereocenters. The largest absolute Gasteiger partial charge is 0.326 e. The van der Waals surface area contributed by atoms with Crippen LogP contribution >= 0.6 is 11.3 Å². The van der Waals surface area contributed by atoms with E-state index in [1.54, 1.807) is 23.0 Å². The Morgan fingerprint density at radius 1 is 1.21 bits per heavy atom. The van der Waals surface area contributed by atoms with Crippen molar-refractivity contribution in [2.24, 2.45) is 5.92 Å². The van der Waals surface area contributed by atoms with Gasteiger partial charge in [0.25, 0.3) is 0 Å². The van der Waals surface area contributed by atoms with E-state index in [0.717, 1.165) is 23.4 Å². The fourth-order valence-corrected chi connectivity index (χ4v) is 3.70. The molecule has 1 aromatic carbocycles. The molecule has 0 aliphatic carbocycles. The number of ketones is 1. The second kappa shape index (κ2) is 7.97. The van der Waals surface area contributed by atoms with Crippen molar-refractivity contribution in [2.75, 3.05) is 5.32 Å². The van der Waals surface area contributed by atoms with Crippen LogP contribution in [0, 0.1) is 5.92 Å². The van der Waals surface area contributed by atoms with Gasteiger partial charge in [-0.25, -0.2) is 9.50 Å². The number of carbonyl (C=O) groups excluding carboxylic acids is 2. The molecule has 0 bridgehead atoms. The fraction of sp³-hybridized carbons (Fsp3) is 0.182. The van der Waals surface area contributed by atoms with Gasteiger partial charge in [-0.1, -0.05) is 32.0 Å². The van der Waals surface area contributed by atoms with Crippen LogP contribution in [0.15, 0.2) is 60.2 Å². The van der Waals surface area contributed by atoms with Crippen LogP contribution in [0.1, 0.15) is 35.5 Å². The minimum atomic E-state index is -0.0887. The minimum Gasteiger partial charge on any atom is -0.326 e. The minimum absolute atomic E-state index is 0.00700. The summed E-state index contributed by atoms with van der Waals surface area (Å²) < 4.78 is 1.66. The Bertz CT molecular complexity index is 1180. The molecule has 0 spiro atoms. The monoisotopic (exact) mass is 404 g/mol. The van der Waals surface area contributed by atoms with Gasteiger partial charge in [-0.05, 0) is 36.1 Å². The predicted molar refractivity (Wildman–Crippen MR) is 114 cm³/mol. The van der Waals surface area contributed by atoms with Crippen LogP contribution in [0.3, 0.4) is 0 Å². The Kier molecular flexibility index (Phi) is 5.22. The van der Waals surface area contributed by atoms with Crippen LogP contribution in [-0.4, -0.2) is 26.3 Å². The maximum Gasteiger partial charge on any atom is 0.227 e. The summed E-state index contributed by atoms with van der Waals surface area (Å²) in [5.74, 6) is -0.148. The van der Waals surface area contributed by atoms with Crippen molar-refractivity contribution >= 4 is 34.4 Å². The molecule has 4 rings (SSSR count). The third-order valence-electron chi connectivity index (χ3n) is 4.88. The quantitative estimate of drug-likeness (QED) is 0.474. The topological polar surface area (TPSA) is 76.4 Å². The van der Waals surface area contributed by atoms with Gasteiger partial charge in [-0.2, -0.15) is 5.10 Å². The van der Waals surface area contributed by atoms with E-state index < -0.39 is 0 Å². The normalized spacial score (nSPS) is 12.1. The number of nitrogens with zero attached hydrogens (tertiary/aromatic N) is 3. The number of amides is 1. The number of aromatic nitrogens is 3. The second-order valence-corrected chi connectivity index (χ2v) is 7.76. The van der Waals surface area contributed by atoms with Crippen molar-refractivity contribution in [3.8, 4) is 11.3 Å². The van der Waals surface area contributed by atoms with Crippen molar-refractivity contribution < 1.29 is 9.59 Å². The van der Waals surface area contributed by atoms with Crippen LogP contribution in [0.4, 0.5) is 5.69 Å². The van der Waals surface area contributed by atoms with E-state index in [4.69, 9.17) is 0 Å². The van der Waals surface area contributed by atoms with Crippen LogP contribution in [0.25, 0.3) is 16.9 Å². The van der Waals surface area contributed by atoms with Crippen molar-refractivity contribution in [2.45, 2.75) is 20.3 Å². The molecule has 0 aliphatic heterocycles. The molecule has 0 fully saturated rings. The van der Waals surface area contributed by atoms with Crippen molar-refractivity contribution in [3.05, 3.63) is 70.7 Å². The molecule has 7 heteroatoms. The van der Waals surface area contributed by atoms with E-state index in [-0.39, 0.29) is 17.6 Å². The van der Waals surface area contributed by atoms with Gasteiger partial charge in [0, 0.05) is 23.4 Å². The molecule has 3 heterocycles. The van der Waals surface area contributed by atoms with Gasteiger partial charge >= 0.3 is 0 Å². The molecular weight excluding hydrogens is 384 g/mol. The lowest BCUT2D eigenvalue weighted by molar-refractivity contribution is -0.119. The average molecular weight is 404 g/mol. The predicted octanol–water partition coefficient (Wildman–Crippen LogP) is 4.67. The van der Waals surface area contributed by atoms with Crippen molar-refractivity contribution in [3.63, 3.8) is 0 Å². The molecule has 1 amide bonds. The maximum absolute atomic E-state index is 12.8. The van der Waals surface area contributed by atoms with Crippen LogP contribution < -0.4 is 5.32 Å². The summed E-state index contributed by atoms with van der Waals surface area (Å²) in [6.07, 6.45) is 4.01. The summed E-state index contributed by atoms with van der Waals surface area (Å²) >= 11 is 1.40. The van der Waals surface area contributed by atoms with Gasteiger partial charge in [0.1, 0.15) is 0 Å². The number of hydrogen-bond donors (Lipinski definition) is 1. The highest BCUT2D eigenvalue weighted by Crippen LogP contribution is 2.25. The molecule has 4 aromatic rings. The third-order valence-corrected chi connectivity index (χ3v) is 5.75. The van der Waals surface area contributed by atoms with E-state index in [9.17, 15) is 9.59 Å². The molecule has 6 nitrogen and oxygen atoms in total. The fourth-order valence-electron chi connectivity index (χ4n) is 3.02. The Balaban J connectivity index is 1.71. The number of thiophene rings is 1. The summed E-state index contributed by atoms with van der Waals surface area (Å²) in [6.45, 7) is 3.89. The van der Waals surface area contributed by atoms with Crippen LogP contribution in [0.5, 0.6) is 0 Å². The lowest BCUT2D eigenvalue weighted by Gasteiger charge is -2.11. The molecular formula is C22H20N4O2S. The number of fused-ring (bicyclic) bond motifs is 1. The van der Waals surface area contributed by atoms with Crippen molar-refractivity contribution in [1.82, 2.24) is 14.6 Å². The lowest BCUT2D eigenvalue weighted by Crippen LogP contribution is -2.19.